The molecule has 1 saturated heterocycles. The van der Waals surface area contributed by atoms with Crippen molar-refractivity contribution in [1.29, 1.82) is 0 Å². The zero-order chi connectivity index (χ0) is 22.1. The molecule has 0 spiro atoms. The lowest BCUT2D eigenvalue weighted by Gasteiger charge is -2.42. The van der Waals surface area contributed by atoms with Crippen LogP contribution in [0.3, 0.4) is 0 Å². The number of hydrogen-bond donors (Lipinski definition) is 2. The van der Waals surface area contributed by atoms with Crippen LogP contribution in [0.25, 0.3) is 0 Å². The Morgan fingerprint density at radius 1 is 1.16 bits per heavy atom. The fourth-order valence-corrected chi connectivity index (χ4v) is 5.67. The third-order valence-corrected chi connectivity index (χ3v) is 7.49. The summed E-state index contributed by atoms with van der Waals surface area (Å²) in [4.78, 5) is 38.4. The molecule has 1 fully saturated rings. The molecule has 0 saturated carbocycles. The molecule has 7 heteroatoms. The number of aromatic amines is 1. The first kappa shape index (κ1) is 21.2. The van der Waals surface area contributed by atoms with Gasteiger partial charge in [-0.3, -0.25) is 9.59 Å². The van der Waals surface area contributed by atoms with Crippen LogP contribution >= 0.6 is 0 Å². The minimum Gasteiger partial charge on any atom is -0.353 e. The normalized spacial score (nSPS) is 25.7. The third kappa shape index (κ3) is 4.18. The van der Waals surface area contributed by atoms with Gasteiger partial charge in [0.25, 0.3) is 0 Å². The number of carbonyl (C=O) groups is 2. The van der Waals surface area contributed by atoms with E-state index in [4.69, 9.17) is 0 Å². The van der Waals surface area contributed by atoms with E-state index in [0.29, 0.717) is 6.54 Å². The second kappa shape index (κ2) is 9.06. The molecule has 170 valence electrons. The Bertz CT molecular complexity index is 986. The van der Waals surface area contributed by atoms with Crippen LogP contribution in [0.2, 0.25) is 0 Å². The van der Waals surface area contributed by atoms with Gasteiger partial charge in [0.2, 0.25) is 11.8 Å². The van der Waals surface area contributed by atoms with Crippen LogP contribution < -0.4 is 5.32 Å². The molecule has 2 aliphatic carbocycles. The number of fused-ring (bicyclic) bond motifs is 2. The van der Waals surface area contributed by atoms with Crippen molar-refractivity contribution in [3.63, 3.8) is 0 Å². The predicted molar refractivity (Wildman–Crippen MR) is 122 cm³/mol. The second-order valence-corrected chi connectivity index (χ2v) is 9.61. The van der Waals surface area contributed by atoms with Gasteiger partial charge in [0.05, 0.1) is 24.0 Å². The maximum Gasteiger partial charge on any atom is 0.229 e. The van der Waals surface area contributed by atoms with E-state index in [9.17, 15) is 9.59 Å². The van der Waals surface area contributed by atoms with Crippen molar-refractivity contribution in [2.75, 3.05) is 33.2 Å². The number of rotatable bonds is 4. The summed E-state index contributed by atoms with van der Waals surface area (Å²) in [5.41, 5.74) is 4.67. The molecule has 0 radical (unpaired) electrons. The molecule has 2 aromatic rings. The first-order chi connectivity index (χ1) is 15.6. The largest absolute Gasteiger partial charge is 0.353 e. The van der Waals surface area contributed by atoms with E-state index < -0.39 is 0 Å². The van der Waals surface area contributed by atoms with Gasteiger partial charge in [0.15, 0.2) is 0 Å². The first-order valence-corrected chi connectivity index (χ1v) is 12.0. The van der Waals surface area contributed by atoms with Gasteiger partial charge in [-0.15, -0.1) is 0 Å². The van der Waals surface area contributed by atoms with Gasteiger partial charge >= 0.3 is 0 Å². The molecule has 3 unspecified atom stereocenters. The minimum absolute atomic E-state index is 0.00427. The Kier molecular flexibility index (Phi) is 6.00. The van der Waals surface area contributed by atoms with Crippen LogP contribution in [0.5, 0.6) is 0 Å². The first-order valence-electron chi connectivity index (χ1n) is 12.0. The number of piperazine rings is 1. The fourth-order valence-electron chi connectivity index (χ4n) is 5.67. The Morgan fingerprint density at radius 3 is 2.88 bits per heavy atom. The second-order valence-electron chi connectivity index (χ2n) is 9.61. The third-order valence-electron chi connectivity index (χ3n) is 7.49. The topological polar surface area (TPSA) is 81.3 Å². The van der Waals surface area contributed by atoms with Crippen LogP contribution in [0.4, 0.5) is 0 Å². The zero-order valence-corrected chi connectivity index (χ0v) is 18.8. The highest BCUT2D eigenvalue weighted by Gasteiger charge is 2.36. The summed E-state index contributed by atoms with van der Waals surface area (Å²) in [5.74, 6) is 0.131. The van der Waals surface area contributed by atoms with Crippen molar-refractivity contribution in [1.82, 2.24) is 25.1 Å². The summed E-state index contributed by atoms with van der Waals surface area (Å²) >= 11 is 0. The highest BCUT2D eigenvalue weighted by Crippen LogP contribution is 2.30. The highest BCUT2D eigenvalue weighted by atomic mass is 16.2. The van der Waals surface area contributed by atoms with Gasteiger partial charge in [-0.2, -0.15) is 0 Å². The number of carbonyl (C=O) groups excluding carboxylic acids is 2. The summed E-state index contributed by atoms with van der Waals surface area (Å²) in [6.07, 6.45) is 7.17. The van der Waals surface area contributed by atoms with Gasteiger partial charge in [-0.1, -0.05) is 24.3 Å². The molecule has 32 heavy (non-hydrogen) atoms. The number of aromatic nitrogens is 2. The molecule has 1 aliphatic heterocycles. The number of hydrogen-bond acceptors (Lipinski definition) is 4. The highest BCUT2D eigenvalue weighted by molar-refractivity contribution is 5.84. The predicted octanol–water partition coefficient (Wildman–Crippen LogP) is 1.89. The number of aryl methyl sites for hydroxylation is 2. The van der Waals surface area contributed by atoms with E-state index in [1.165, 1.54) is 11.1 Å². The number of H-pyrrole nitrogens is 1. The lowest BCUT2D eigenvalue weighted by Crippen LogP contribution is -2.59. The minimum atomic E-state index is -0.190. The summed E-state index contributed by atoms with van der Waals surface area (Å²) in [7, 11) is 2.09. The molecule has 2 N–H and O–H groups in total. The lowest BCUT2D eigenvalue weighted by atomic mass is 9.83. The Hall–Kier alpha value is -2.67. The van der Waals surface area contributed by atoms with Crippen molar-refractivity contribution in [2.24, 2.45) is 5.92 Å². The maximum absolute atomic E-state index is 13.5. The van der Waals surface area contributed by atoms with Crippen molar-refractivity contribution >= 4 is 11.8 Å². The number of imidazole rings is 1. The Labute approximate surface area is 189 Å². The lowest BCUT2D eigenvalue weighted by molar-refractivity contribution is -0.141. The zero-order valence-electron chi connectivity index (χ0n) is 18.8. The van der Waals surface area contributed by atoms with Crippen LogP contribution in [0.1, 0.15) is 47.7 Å². The summed E-state index contributed by atoms with van der Waals surface area (Å²) in [5, 5.41) is 3.16. The van der Waals surface area contributed by atoms with Gasteiger partial charge in [-0.05, 0) is 56.7 Å². The molecule has 1 aromatic carbocycles. The van der Waals surface area contributed by atoms with Crippen molar-refractivity contribution in [2.45, 2.75) is 50.5 Å². The Morgan fingerprint density at radius 2 is 2.00 bits per heavy atom. The number of nitrogens with zero attached hydrogens (tertiary/aromatic N) is 3. The molecule has 7 nitrogen and oxygen atoms in total. The number of amides is 2. The van der Waals surface area contributed by atoms with Gasteiger partial charge in [0, 0.05) is 37.8 Å². The molecule has 2 heterocycles. The van der Waals surface area contributed by atoms with Crippen LogP contribution in [0.15, 0.2) is 30.6 Å². The SMILES string of the molecule is CN1CCN(C(=O)C2CCc3ccccc3C2)C(CNC(=O)C2CCCc3[nH]cnc32)C1. The quantitative estimate of drug-likeness (QED) is 0.769. The van der Waals surface area contributed by atoms with E-state index in [1.807, 2.05) is 4.90 Å². The van der Waals surface area contributed by atoms with E-state index in [-0.39, 0.29) is 29.7 Å². The summed E-state index contributed by atoms with van der Waals surface area (Å²) in [6.45, 7) is 2.88. The molecular weight excluding hydrogens is 402 g/mol. The van der Waals surface area contributed by atoms with E-state index in [1.54, 1.807) is 6.33 Å². The van der Waals surface area contributed by atoms with Crippen molar-refractivity contribution < 1.29 is 9.59 Å². The number of likely N-dealkylation sites (N-methyl/N-ethyl adjacent to an activating group) is 1. The monoisotopic (exact) mass is 435 g/mol. The average molecular weight is 436 g/mol. The molecular formula is C25H33N5O2. The van der Waals surface area contributed by atoms with Crippen molar-refractivity contribution in [3.05, 3.63) is 53.1 Å². The fraction of sp³-hybridized carbons (Fsp3) is 0.560. The van der Waals surface area contributed by atoms with Crippen LogP contribution in [-0.4, -0.2) is 70.9 Å². The van der Waals surface area contributed by atoms with E-state index in [0.717, 1.165) is 69.5 Å². The smallest absolute Gasteiger partial charge is 0.229 e. The summed E-state index contributed by atoms with van der Waals surface area (Å²) in [6, 6.07) is 8.49. The van der Waals surface area contributed by atoms with Gasteiger partial charge in [-0.25, -0.2) is 4.98 Å². The Balaban J connectivity index is 1.24. The molecule has 3 aliphatic rings. The standard InChI is InChI=1S/C25H33N5O2/c1-29-11-12-30(25(32)19-10-9-17-5-2-3-6-18(17)13-19)20(15-29)14-26-24(31)21-7-4-8-22-23(21)28-16-27-22/h2-3,5-6,16,19-21H,4,7-15H2,1H3,(H,26,31)(H,27,28). The number of nitrogens with one attached hydrogen (secondary N) is 2. The van der Waals surface area contributed by atoms with Crippen LogP contribution in [-0.2, 0) is 28.9 Å². The molecule has 3 atom stereocenters. The molecule has 1 aromatic heterocycles. The van der Waals surface area contributed by atoms with Crippen LogP contribution in [0, 0.1) is 5.92 Å². The molecule has 2 amide bonds. The average Bonchev–Trinajstić information content (AvgIpc) is 3.31. The molecule has 5 rings (SSSR count). The van der Waals surface area contributed by atoms with E-state index in [2.05, 4.69) is 51.5 Å². The van der Waals surface area contributed by atoms with Gasteiger partial charge in [0.1, 0.15) is 0 Å². The van der Waals surface area contributed by atoms with Gasteiger partial charge < -0.3 is 20.1 Å². The maximum atomic E-state index is 13.5. The van der Waals surface area contributed by atoms with E-state index >= 15 is 0 Å². The summed E-state index contributed by atoms with van der Waals surface area (Å²) < 4.78 is 0. The molecule has 0 bridgehead atoms. The van der Waals surface area contributed by atoms with Crippen molar-refractivity contribution in [3.8, 4) is 0 Å². The number of benzene rings is 1.